The molecule has 0 aliphatic heterocycles. The molecule has 7 nitrogen and oxygen atoms in total. The lowest BCUT2D eigenvalue weighted by Crippen LogP contribution is -2.13. The average molecular weight is 304 g/mol. The Hall–Kier alpha value is -3.21. The number of ether oxygens (including phenoxy) is 2. The number of halogens is 1. The fourth-order valence-electron chi connectivity index (χ4n) is 1.75. The number of aromatic amines is 1. The minimum Gasteiger partial charge on any atom is -0.497 e. The summed E-state index contributed by atoms with van der Waals surface area (Å²) in [7, 11) is 2.76. The van der Waals surface area contributed by atoms with Crippen LogP contribution in [0.4, 0.5) is 10.2 Å². The molecule has 22 heavy (non-hydrogen) atoms. The van der Waals surface area contributed by atoms with Crippen LogP contribution in [0.5, 0.6) is 11.5 Å². The summed E-state index contributed by atoms with van der Waals surface area (Å²) in [5.74, 6) is 4.04. The summed E-state index contributed by atoms with van der Waals surface area (Å²) < 4.78 is 24.1. The van der Waals surface area contributed by atoms with E-state index in [0.29, 0.717) is 5.75 Å². The molecule has 5 N–H and O–H groups in total. The topological polar surface area (TPSA) is 116 Å². The monoisotopic (exact) mass is 304 g/mol. The lowest BCUT2D eigenvalue weighted by Gasteiger charge is -2.06. The van der Waals surface area contributed by atoms with Crippen LogP contribution in [0.15, 0.2) is 12.1 Å². The van der Waals surface area contributed by atoms with Gasteiger partial charge in [-0.3, -0.25) is 9.89 Å². The SMILES string of the molecule is COc1cc(C#Cc2n[nH]c(N)c2C(N)=O)c(F)c(OC)c1. The molecular formula is C14H13FN4O3. The van der Waals surface area contributed by atoms with E-state index in [2.05, 4.69) is 22.0 Å². The Morgan fingerprint density at radius 2 is 2.05 bits per heavy atom. The number of rotatable bonds is 3. The van der Waals surface area contributed by atoms with Crippen molar-refractivity contribution in [2.75, 3.05) is 20.0 Å². The average Bonchev–Trinajstić information content (AvgIpc) is 2.87. The number of methoxy groups -OCH3 is 2. The van der Waals surface area contributed by atoms with Crippen LogP contribution < -0.4 is 20.9 Å². The standard InChI is InChI=1S/C14H13FN4O3/c1-21-8-5-7(12(15)10(6-8)22-2)3-4-9-11(14(17)20)13(16)19-18-9/h5-6H,1-2H3,(H2,17,20)(H3,16,18,19). The van der Waals surface area contributed by atoms with Gasteiger partial charge in [-0.05, 0) is 12.0 Å². The highest BCUT2D eigenvalue weighted by atomic mass is 19.1. The van der Waals surface area contributed by atoms with E-state index in [9.17, 15) is 9.18 Å². The predicted octanol–water partition coefficient (Wildman–Crippen LogP) is 0.647. The Kier molecular flexibility index (Phi) is 4.18. The molecule has 2 rings (SSSR count). The van der Waals surface area contributed by atoms with E-state index >= 15 is 0 Å². The summed E-state index contributed by atoms with van der Waals surface area (Å²) in [5.41, 5.74) is 10.7. The number of carbonyl (C=O) groups excluding carboxylic acids is 1. The van der Waals surface area contributed by atoms with Crippen molar-refractivity contribution >= 4 is 11.7 Å². The molecule has 0 saturated heterocycles. The van der Waals surface area contributed by atoms with Crippen molar-refractivity contribution in [3.63, 3.8) is 0 Å². The number of amides is 1. The van der Waals surface area contributed by atoms with Crippen LogP contribution in [-0.2, 0) is 0 Å². The van der Waals surface area contributed by atoms with E-state index < -0.39 is 11.7 Å². The number of H-pyrrole nitrogens is 1. The molecule has 1 heterocycles. The molecule has 0 spiro atoms. The Morgan fingerprint density at radius 3 is 2.64 bits per heavy atom. The number of hydrogen-bond acceptors (Lipinski definition) is 5. The first-order valence-electron chi connectivity index (χ1n) is 6.05. The van der Waals surface area contributed by atoms with Crippen LogP contribution in [0.1, 0.15) is 21.6 Å². The summed E-state index contributed by atoms with van der Waals surface area (Å²) >= 11 is 0. The van der Waals surface area contributed by atoms with E-state index in [1.165, 1.54) is 26.4 Å². The molecule has 0 fully saturated rings. The zero-order valence-corrected chi connectivity index (χ0v) is 11.9. The normalized spacial score (nSPS) is 9.77. The first-order valence-corrected chi connectivity index (χ1v) is 6.05. The molecule has 0 radical (unpaired) electrons. The van der Waals surface area contributed by atoms with Crippen molar-refractivity contribution < 1.29 is 18.7 Å². The number of nitrogens with zero attached hydrogens (tertiary/aromatic N) is 1. The van der Waals surface area contributed by atoms with Gasteiger partial charge in [0.15, 0.2) is 11.6 Å². The van der Waals surface area contributed by atoms with Gasteiger partial charge in [0.1, 0.15) is 22.8 Å². The largest absolute Gasteiger partial charge is 0.497 e. The summed E-state index contributed by atoms with van der Waals surface area (Å²) in [6.45, 7) is 0. The summed E-state index contributed by atoms with van der Waals surface area (Å²) in [5, 5.41) is 6.15. The maximum absolute atomic E-state index is 14.1. The van der Waals surface area contributed by atoms with Gasteiger partial charge >= 0.3 is 0 Å². The summed E-state index contributed by atoms with van der Waals surface area (Å²) in [4.78, 5) is 11.3. The van der Waals surface area contributed by atoms with Gasteiger partial charge in [-0.15, -0.1) is 0 Å². The van der Waals surface area contributed by atoms with Crippen molar-refractivity contribution in [1.29, 1.82) is 0 Å². The van der Waals surface area contributed by atoms with Gasteiger partial charge in [0, 0.05) is 6.07 Å². The quantitative estimate of drug-likeness (QED) is 0.720. The molecular weight excluding hydrogens is 291 g/mol. The molecule has 1 aromatic carbocycles. The number of nitrogens with one attached hydrogen (secondary N) is 1. The van der Waals surface area contributed by atoms with Crippen LogP contribution in [0, 0.1) is 17.7 Å². The molecule has 8 heteroatoms. The second kappa shape index (κ2) is 6.05. The fraction of sp³-hybridized carbons (Fsp3) is 0.143. The third kappa shape index (κ3) is 2.78. The zero-order valence-electron chi connectivity index (χ0n) is 11.9. The molecule has 1 amide bonds. The van der Waals surface area contributed by atoms with E-state index in [-0.39, 0.29) is 28.4 Å². The van der Waals surface area contributed by atoms with Gasteiger partial charge in [-0.1, -0.05) is 5.92 Å². The molecule has 1 aromatic heterocycles. The van der Waals surface area contributed by atoms with Crippen molar-refractivity contribution in [2.45, 2.75) is 0 Å². The Labute approximate surface area is 125 Å². The number of carbonyl (C=O) groups is 1. The third-order valence-corrected chi connectivity index (χ3v) is 2.82. The number of aromatic nitrogens is 2. The molecule has 0 bridgehead atoms. The molecule has 2 aromatic rings. The maximum Gasteiger partial charge on any atom is 0.255 e. The third-order valence-electron chi connectivity index (χ3n) is 2.82. The van der Waals surface area contributed by atoms with Crippen molar-refractivity contribution in [3.8, 4) is 23.3 Å². The minimum absolute atomic E-state index is 0.000458. The second-order valence-electron chi connectivity index (χ2n) is 4.17. The molecule has 0 atom stereocenters. The minimum atomic E-state index is -0.778. The molecule has 0 unspecified atom stereocenters. The zero-order chi connectivity index (χ0) is 16.3. The van der Waals surface area contributed by atoms with Crippen LogP contribution >= 0.6 is 0 Å². The van der Waals surface area contributed by atoms with Crippen molar-refractivity contribution in [3.05, 3.63) is 34.8 Å². The number of anilines is 1. The fourth-order valence-corrected chi connectivity index (χ4v) is 1.75. The van der Waals surface area contributed by atoms with Crippen LogP contribution in [-0.4, -0.2) is 30.3 Å². The summed E-state index contributed by atoms with van der Waals surface area (Å²) in [6, 6.07) is 2.78. The van der Waals surface area contributed by atoms with Gasteiger partial charge in [-0.25, -0.2) is 4.39 Å². The van der Waals surface area contributed by atoms with Gasteiger partial charge in [0.2, 0.25) is 0 Å². The van der Waals surface area contributed by atoms with Crippen LogP contribution in [0.25, 0.3) is 0 Å². The highest BCUT2D eigenvalue weighted by Crippen LogP contribution is 2.26. The Morgan fingerprint density at radius 1 is 1.32 bits per heavy atom. The lowest BCUT2D eigenvalue weighted by molar-refractivity contribution is 0.100. The lowest BCUT2D eigenvalue weighted by atomic mass is 10.1. The number of nitrogens with two attached hydrogens (primary N) is 2. The van der Waals surface area contributed by atoms with Gasteiger partial charge in [-0.2, -0.15) is 5.10 Å². The smallest absolute Gasteiger partial charge is 0.255 e. The van der Waals surface area contributed by atoms with Gasteiger partial charge < -0.3 is 20.9 Å². The van der Waals surface area contributed by atoms with E-state index in [1.807, 2.05) is 0 Å². The first kappa shape index (κ1) is 15.2. The number of benzene rings is 1. The second-order valence-corrected chi connectivity index (χ2v) is 4.17. The molecule has 0 saturated carbocycles. The summed E-state index contributed by atoms with van der Waals surface area (Å²) in [6.07, 6.45) is 0. The van der Waals surface area contributed by atoms with E-state index in [1.54, 1.807) is 0 Å². The number of hydrogen-bond donors (Lipinski definition) is 3. The number of nitrogen functional groups attached to an aromatic ring is 1. The first-order chi connectivity index (χ1) is 10.5. The van der Waals surface area contributed by atoms with Gasteiger partial charge in [0.05, 0.1) is 19.8 Å². The highest BCUT2D eigenvalue weighted by molar-refractivity contribution is 5.99. The van der Waals surface area contributed by atoms with Crippen molar-refractivity contribution in [2.24, 2.45) is 5.73 Å². The van der Waals surface area contributed by atoms with Crippen LogP contribution in [0.3, 0.4) is 0 Å². The van der Waals surface area contributed by atoms with Crippen molar-refractivity contribution in [1.82, 2.24) is 10.2 Å². The van der Waals surface area contributed by atoms with Crippen LogP contribution in [0.2, 0.25) is 0 Å². The van der Waals surface area contributed by atoms with E-state index in [4.69, 9.17) is 20.9 Å². The maximum atomic E-state index is 14.1. The van der Waals surface area contributed by atoms with E-state index in [0.717, 1.165) is 0 Å². The molecule has 114 valence electrons. The Bertz CT molecular complexity index is 789. The molecule has 0 aliphatic carbocycles. The molecule has 0 aliphatic rings. The Balaban J connectivity index is 2.51. The predicted molar refractivity (Wildman–Crippen MR) is 77.0 cm³/mol. The number of primary amides is 1. The highest BCUT2D eigenvalue weighted by Gasteiger charge is 2.15. The van der Waals surface area contributed by atoms with Gasteiger partial charge in [0.25, 0.3) is 5.91 Å².